The number of carbonyl (C=O) groups is 1. The average Bonchev–Trinajstić information content (AvgIpc) is 2.38. The van der Waals surface area contributed by atoms with Gasteiger partial charge in [-0.2, -0.15) is 0 Å². The fourth-order valence-corrected chi connectivity index (χ4v) is 1.27. The molecule has 0 aliphatic heterocycles. The van der Waals surface area contributed by atoms with Crippen molar-refractivity contribution in [2.24, 2.45) is 0 Å². The number of rotatable bonds is 8. The average molecular weight is 232 g/mol. The Hall–Kier alpha value is -1.79. The van der Waals surface area contributed by atoms with E-state index in [4.69, 9.17) is 15.9 Å². The number of benzene rings is 1. The van der Waals surface area contributed by atoms with Gasteiger partial charge in [0, 0.05) is 12.2 Å². The van der Waals surface area contributed by atoms with Gasteiger partial charge >= 0.3 is 0 Å². The van der Waals surface area contributed by atoms with Gasteiger partial charge in [0.05, 0.1) is 6.61 Å². The molecule has 0 aromatic heterocycles. The van der Waals surface area contributed by atoms with Crippen molar-refractivity contribution in [1.82, 2.24) is 0 Å². The lowest BCUT2D eigenvalue weighted by Crippen LogP contribution is -2.01. The van der Waals surface area contributed by atoms with Gasteiger partial charge in [-0.1, -0.05) is 5.92 Å². The largest absolute Gasteiger partial charge is 0.494 e. The second-order valence-electron chi connectivity index (χ2n) is 3.50. The maximum Gasteiger partial charge on any atom is 0.150 e. The van der Waals surface area contributed by atoms with Crippen LogP contribution in [0.25, 0.3) is 0 Å². The maximum atomic E-state index is 10.4. The highest BCUT2D eigenvalue weighted by Crippen LogP contribution is 2.11. The van der Waals surface area contributed by atoms with E-state index >= 15 is 0 Å². The van der Waals surface area contributed by atoms with E-state index in [1.807, 2.05) is 0 Å². The van der Waals surface area contributed by atoms with Crippen molar-refractivity contribution in [1.29, 1.82) is 0 Å². The Balaban J connectivity index is 2.09. The van der Waals surface area contributed by atoms with Crippen LogP contribution in [0, 0.1) is 12.3 Å². The summed E-state index contributed by atoms with van der Waals surface area (Å²) in [5, 5.41) is 0. The number of terminal acetylenes is 1. The Bertz CT molecular complexity index is 362. The molecule has 0 unspecified atom stereocenters. The fourth-order valence-electron chi connectivity index (χ4n) is 1.27. The molecule has 0 fully saturated rings. The number of aldehydes is 1. The molecule has 0 heterocycles. The molecule has 0 spiro atoms. The van der Waals surface area contributed by atoms with Crippen LogP contribution < -0.4 is 4.74 Å². The van der Waals surface area contributed by atoms with Gasteiger partial charge in [-0.3, -0.25) is 4.79 Å². The molecule has 3 heteroatoms. The van der Waals surface area contributed by atoms with Crippen molar-refractivity contribution in [3.63, 3.8) is 0 Å². The molecule has 0 saturated heterocycles. The summed E-state index contributed by atoms with van der Waals surface area (Å²) in [6.45, 7) is 1.67. The minimum atomic E-state index is 0.369. The van der Waals surface area contributed by atoms with Gasteiger partial charge < -0.3 is 9.47 Å². The van der Waals surface area contributed by atoms with Gasteiger partial charge in [0.2, 0.25) is 0 Å². The highest BCUT2D eigenvalue weighted by atomic mass is 16.5. The van der Waals surface area contributed by atoms with Gasteiger partial charge in [0.25, 0.3) is 0 Å². The van der Waals surface area contributed by atoms with Crippen LogP contribution in [0.4, 0.5) is 0 Å². The van der Waals surface area contributed by atoms with Crippen LogP contribution in [-0.2, 0) is 4.74 Å². The van der Waals surface area contributed by atoms with Crippen LogP contribution >= 0.6 is 0 Å². The zero-order valence-corrected chi connectivity index (χ0v) is 9.72. The molecular formula is C14H16O3. The summed E-state index contributed by atoms with van der Waals surface area (Å²) in [6.07, 6.45) is 7.70. The summed E-state index contributed by atoms with van der Waals surface area (Å²) < 4.78 is 10.6. The molecule has 3 nitrogen and oxygen atoms in total. The normalized spacial score (nSPS) is 9.59. The van der Waals surface area contributed by atoms with Crippen LogP contribution in [0.2, 0.25) is 0 Å². The fraction of sp³-hybridized carbons (Fsp3) is 0.357. The molecule has 1 aromatic rings. The van der Waals surface area contributed by atoms with Crippen molar-refractivity contribution >= 4 is 6.29 Å². The lowest BCUT2D eigenvalue weighted by atomic mass is 10.2. The monoisotopic (exact) mass is 232 g/mol. The third kappa shape index (κ3) is 5.74. The maximum absolute atomic E-state index is 10.4. The number of hydrogen-bond acceptors (Lipinski definition) is 3. The summed E-state index contributed by atoms with van der Waals surface area (Å²) in [4.78, 5) is 10.4. The number of hydrogen-bond donors (Lipinski definition) is 0. The van der Waals surface area contributed by atoms with Gasteiger partial charge in [-0.15, -0.1) is 6.42 Å². The molecule has 0 bridgehead atoms. The zero-order chi connectivity index (χ0) is 12.3. The van der Waals surface area contributed by atoms with Crippen LogP contribution in [0.1, 0.15) is 23.2 Å². The molecular weight excluding hydrogens is 216 g/mol. The zero-order valence-electron chi connectivity index (χ0n) is 9.72. The summed E-state index contributed by atoms with van der Waals surface area (Å²) in [7, 11) is 0. The Morgan fingerprint density at radius 2 is 1.88 bits per heavy atom. The minimum Gasteiger partial charge on any atom is -0.494 e. The molecule has 0 saturated carbocycles. The van der Waals surface area contributed by atoms with E-state index in [0.29, 0.717) is 25.4 Å². The standard InChI is InChI=1S/C14H16O3/c1-2-9-16-10-3-4-11-17-14-7-5-13(12-15)6-8-14/h1,5-8,12H,3-4,9-11H2. The van der Waals surface area contributed by atoms with E-state index in [9.17, 15) is 4.79 Å². The first-order chi connectivity index (χ1) is 8.36. The van der Waals surface area contributed by atoms with E-state index in [-0.39, 0.29) is 0 Å². The highest BCUT2D eigenvalue weighted by Gasteiger charge is 1.95. The predicted molar refractivity (Wildman–Crippen MR) is 66.2 cm³/mol. The lowest BCUT2D eigenvalue weighted by Gasteiger charge is -2.06. The van der Waals surface area contributed by atoms with Gasteiger partial charge in [-0.05, 0) is 37.1 Å². The Kier molecular flexibility index (Phi) is 6.54. The van der Waals surface area contributed by atoms with E-state index in [2.05, 4.69) is 5.92 Å². The molecule has 1 rings (SSSR count). The summed E-state index contributed by atoms with van der Waals surface area (Å²) in [5.74, 6) is 3.19. The second-order valence-corrected chi connectivity index (χ2v) is 3.50. The molecule has 90 valence electrons. The summed E-state index contributed by atoms with van der Waals surface area (Å²) in [6, 6.07) is 7.05. The van der Waals surface area contributed by atoms with E-state index in [1.54, 1.807) is 24.3 Å². The molecule has 0 atom stereocenters. The topological polar surface area (TPSA) is 35.5 Å². The van der Waals surface area contributed by atoms with E-state index in [0.717, 1.165) is 24.9 Å². The molecule has 1 aromatic carbocycles. The van der Waals surface area contributed by atoms with Crippen molar-refractivity contribution in [3.05, 3.63) is 29.8 Å². The molecule has 0 N–H and O–H groups in total. The molecule has 0 amide bonds. The Morgan fingerprint density at radius 1 is 1.18 bits per heavy atom. The van der Waals surface area contributed by atoms with Crippen molar-refractivity contribution < 1.29 is 14.3 Å². The lowest BCUT2D eigenvalue weighted by molar-refractivity contribution is 0.112. The second kappa shape index (κ2) is 8.37. The first kappa shape index (κ1) is 13.3. The highest BCUT2D eigenvalue weighted by molar-refractivity contribution is 5.74. The molecule has 0 aliphatic carbocycles. The van der Waals surface area contributed by atoms with E-state index < -0.39 is 0 Å². The first-order valence-corrected chi connectivity index (χ1v) is 5.56. The van der Waals surface area contributed by atoms with Gasteiger partial charge in [0.1, 0.15) is 18.6 Å². The SMILES string of the molecule is C#CCOCCCCOc1ccc(C=O)cc1. The first-order valence-electron chi connectivity index (χ1n) is 5.56. The summed E-state index contributed by atoms with van der Waals surface area (Å²) >= 11 is 0. The van der Waals surface area contributed by atoms with Crippen LogP contribution in [0.15, 0.2) is 24.3 Å². The predicted octanol–water partition coefficient (Wildman–Crippen LogP) is 2.31. The van der Waals surface area contributed by atoms with Crippen molar-refractivity contribution in [3.8, 4) is 18.1 Å². The number of ether oxygens (including phenoxy) is 2. The van der Waals surface area contributed by atoms with Crippen molar-refractivity contribution in [2.75, 3.05) is 19.8 Å². The third-order valence-electron chi connectivity index (χ3n) is 2.15. The quantitative estimate of drug-likeness (QED) is 0.392. The Morgan fingerprint density at radius 3 is 2.53 bits per heavy atom. The molecule has 0 aliphatic rings. The van der Waals surface area contributed by atoms with Crippen LogP contribution in [0.3, 0.4) is 0 Å². The Labute approximate surface area is 102 Å². The van der Waals surface area contributed by atoms with Crippen molar-refractivity contribution in [2.45, 2.75) is 12.8 Å². The van der Waals surface area contributed by atoms with Crippen LogP contribution in [-0.4, -0.2) is 26.1 Å². The number of unbranched alkanes of at least 4 members (excludes halogenated alkanes) is 1. The molecule has 17 heavy (non-hydrogen) atoms. The summed E-state index contributed by atoms with van der Waals surface area (Å²) in [5.41, 5.74) is 0.653. The number of carbonyl (C=O) groups excluding carboxylic acids is 1. The van der Waals surface area contributed by atoms with Gasteiger partial charge in [0.15, 0.2) is 0 Å². The van der Waals surface area contributed by atoms with Gasteiger partial charge in [-0.25, -0.2) is 0 Å². The molecule has 0 radical (unpaired) electrons. The minimum absolute atomic E-state index is 0.369. The smallest absolute Gasteiger partial charge is 0.150 e. The third-order valence-corrected chi connectivity index (χ3v) is 2.15. The van der Waals surface area contributed by atoms with Crippen LogP contribution in [0.5, 0.6) is 5.75 Å². The van der Waals surface area contributed by atoms with E-state index in [1.165, 1.54) is 0 Å².